The lowest BCUT2D eigenvalue weighted by Crippen LogP contribution is -2.12. The van der Waals surface area contributed by atoms with Crippen LogP contribution in [0.15, 0.2) is 0 Å². The van der Waals surface area contributed by atoms with E-state index in [0.717, 1.165) is 12.8 Å². The van der Waals surface area contributed by atoms with Crippen molar-refractivity contribution in [2.24, 2.45) is 0 Å². The van der Waals surface area contributed by atoms with Crippen LogP contribution in [0.4, 0.5) is 0 Å². The van der Waals surface area contributed by atoms with Gasteiger partial charge in [0.1, 0.15) is 0 Å². The van der Waals surface area contributed by atoms with Crippen LogP contribution in [0.5, 0.6) is 0 Å². The van der Waals surface area contributed by atoms with Crippen LogP contribution in [-0.2, 0) is 0 Å². The summed E-state index contributed by atoms with van der Waals surface area (Å²) in [6.45, 7) is 0. The molecule has 0 aromatic heterocycles. The molecule has 0 N–H and O–H groups in total. The topological polar surface area (TPSA) is 37.9 Å². The molecule has 2 heteroatoms. The van der Waals surface area contributed by atoms with Crippen molar-refractivity contribution in [1.82, 2.24) is 5.32 Å². The molecule has 0 aliphatic heterocycles. The maximum Gasteiger partial charge on any atom is 0.200 e. The zero-order valence-electron chi connectivity index (χ0n) is 4.80. The van der Waals surface area contributed by atoms with Crippen molar-refractivity contribution in [2.75, 3.05) is 0 Å². The third-order valence-electron chi connectivity index (χ3n) is 1.57. The first-order valence-corrected chi connectivity index (χ1v) is 3.02. The molecule has 0 atom stereocenters. The molecule has 1 saturated carbocycles. The van der Waals surface area contributed by atoms with E-state index in [1.165, 1.54) is 12.8 Å². The van der Waals surface area contributed by atoms with Gasteiger partial charge in [-0.1, -0.05) is 12.8 Å². The number of hydrogen-bond donors (Lipinski definition) is 0. The predicted octanol–water partition coefficient (Wildman–Crippen LogP) is 1.01. The average molecular weight is 109 g/mol. The molecule has 0 saturated heterocycles. The average Bonchev–Trinajstić information content (AvgIpc) is 2.19. The van der Waals surface area contributed by atoms with E-state index in [-0.39, 0.29) is 0 Å². The Balaban J connectivity index is 2.17. The Labute approximate surface area is 49.5 Å². The summed E-state index contributed by atoms with van der Waals surface area (Å²) in [6, 6.07) is 0.375. The molecule has 8 heavy (non-hydrogen) atoms. The molecule has 0 spiro atoms. The monoisotopic (exact) mass is 109 g/mol. The third kappa shape index (κ3) is 1.13. The highest BCUT2D eigenvalue weighted by molar-refractivity contribution is 4.79. The Hall–Kier alpha value is -0.710. The third-order valence-corrected chi connectivity index (χ3v) is 1.57. The minimum absolute atomic E-state index is 0.375. The normalized spacial score (nSPS) is 20.4. The summed E-state index contributed by atoms with van der Waals surface area (Å²) in [5.74, 6) is 0. The molecule has 0 aromatic carbocycles. The van der Waals surface area contributed by atoms with Crippen LogP contribution >= 0.6 is 0 Å². The van der Waals surface area contributed by atoms with Gasteiger partial charge in [0.05, 0.1) is 6.04 Å². The quantitative estimate of drug-likeness (QED) is 0.463. The van der Waals surface area contributed by atoms with Crippen LogP contribution in [0.25, 0.3) is 0 Å². The molecule has 0 unspecified atom stereocenters. The molecular weight excluding hydrogens is 100 g/mol. The van der Waals surface area contributed by atoms with E-state index in [4.69, 9.17) is 5.26 Å². The van der Waals surface area contributed by atoms with Crippen molar-refractivity contribution in [1.29, 1.82) is 5.26 Å². The lowest BCUT2D eigenvalue weighted by atomic mass is 10.3. The second-order valence-corrected chi connectivity index (χ2v) is 2.17. The maximum absolute atomic E-state index is 8.11. The Morgan fingerprint density at radius 1 is 1.38 bits per heavy atom. The zero-order valence-corrected chi connectivity index (χ0v) is 4.80. The largest absolute Gasteiger partial charge is 0.208 e. The summed E-state index contributed by atoms with van der Waals surface area (Å²) in [5, 5.41) is 11.8. The number of rotatable bonds is 1. The predicted molar refractivity (Wildman–Crippen MR) is 30.0 cm³/mol. The highest BCUT2D eigenvalue weighted by Gasteiger charge is 2.14. The van der Waals surface area contributed by atoms with Gasteiger partial charge in [0.15, 0.2) is 0 Å². The summed E-state index contributed by atoms with van der Waals surface area (Å²) in [7, 11) is 0. The fourth-order valence-corrected chi connectivity index (χ4v) is 1.12. The molecule has 0 aromatic rings. The summed E-state index contributed by atoms with van der Waals surface area (Å²) >= 11 is 0. The first kappa shape index (κ1) is 5.43. The molecule has 2 nitrogen and oxygen atoms in total. The van der Waals surface area contributed by atoms with Gasteiger partial charge in [0.25, 0.3) is 0 Å². The SMILES string of the molecule is N#C[N]C1CCCC1. The molecule has 1 radical (unpaired) electrons. The van der Waals surface area contributed by atoms with E-state index >= 15 is 0 Å². The van der Waals surface area contributed by atoms with E-state index in [1.54, 1.807) is 0 Å². The second kappa shape index (κ2) is 2.56. The Morgan fingerprint density at radius 2 is 2.00 bits per heavy atom. The second-order valence-electron chi connectivity index (χ2n) is 2.17. The van der Waals surface area contributed by atoms with Crippen molar-refractivity contribution in [3.63, 3.8) is 0 Å². The molecule has 1 aliphatic carbocycles. The molecule has 0 amide bonds. The molecule has 0 bridgehead atoms. The van der Waals surface area contributed by atoms with Gasteiger partial charge in [-0.15, -0.1) is 0 Å². The minimum atomic E-state index is 0.375. The number of hydrogen-bond acceptors (Lipinski definition) is 1. The smallest absolute Gasteiger partial charge is 0.200 e. The van der Waals surface area contributed by atoms with E-state index in [0.29, 0.717) is 6.04 Å². The molecule has 0 heterocycles. The van der Waals surface area contributed by atoms with Crippen LogP contribution in [0.1, 0.15) is 25.7 Å². The van der Waals surface area contributed by atoms with Crippen molar-refractivity contribution in [2.45, 2.75) is 31.7 Å². The Kier molecular flexibility index (Phi) is 1.74. The number of nitrogens with zero attached hydrogens (tertiary/aromatic N) is 2. The van der Waals surface area contributed by atoms with E-state index in [9.17, 15) is 0 Å². The highest BCUT2D eigenvalue weighted by Crippen LogP contribution is 2.17. The first-order valence-electron chi connectivity index (χ1n) is 3.02. The van der Waals surface area contributed by atoms with Gasteiger partial charge in [-0.2, -0.15) is 5.26 Å². The molecule has 1 aliphatic rings. The van der Waals surface area contributed by atoms with Crippen LogP contribution in [-0.4, -0.2) is 6.04 Å². The van der Waals surface area contributed by atoms with Crippen molar-refractivity contribution >= 4 is 0 Å². The van der Waals surface area contributed by atoms with Crippen molar-refractivity contribution in [3.05, 3.63) is 0 Å². The van der Waals surface area contributed by atoms with E-state index in [2.05, 4.69) is 5.32 Å². The standard InChI is InChI=1S/C6H9N2/c7-5-8-6-3-1-2-4-6/h6H,1-4H2. The lowest BCUT2D eigenvalue weighted by Gasteiger charge is -1.97. The van der Waals surface area contributed by atoms with E-state index in [1.807, 2.05) is 6.19 Å². The summed E-state index contributed by atoms with van der Waals surface area (Å²) in [5.41, 5.74) is 0. The minimum Gasteiger partial charge on any atom is -0.208 e. The Bertz CT molecular complexity index is 97.6. The maximum atomic E-state index is 8.11. The molecular formula is C6H9N2. The van der Waals surface area contributed by atoms with Crippen molar-refractivity contribution < 1.29 is 0 Å². The lowest BCUT2D eigenvalue weighted by molar-refractivity contribution is 0.606. The Morgan fingerprint density at radius 3 is 2.50 bits per heavy atom. The zero-order chi connectivity index (χ0) is 5.82. The van der Waals surface area contributed by atoms with Gasteiger partial charge in [0, 0.05) is 0 Å². The van der Waals surface area contributed by atoms with Crippen LogP contribution in [0.2, 0.25) is 0 Å². The molecule has 43 valence electrons. The first-order chi connectivity index (χ1) is 3.93. The fraction of sp³-hybridized carbons (Fsp3) is 0.833. The van der Waals surface area contributed by atoms with Crippen LogP contribution in [0.3, 0.4) is 0 Å². The summed E-state index contributed by atoms with van der Waals surface area (Å²) < 4.78 is 0. The van der Waals surface area contributed by atoms with Gasteiger partial charge >= 0.3 is 0 Å². The van der Waals surface area contributed by atoms with Crippen molar-refractivity contribution in [3.8, 4) is 6.19 Å². The highest BCUT2D eigenvalue weighted by atomic mass is 14.9. The van der Waals surface area contributed by atoms with Gasteiger partial charge in [0.2, 0.25) is 6.19 Å². The van der Waals surface area contributed by atoms with Gasteiger partial charge in [-0.3, -0.25) is 0 Å². The van der Waals surface area contributed by atoms with Gasteiger partial charge in [-0.25, -0.2) is 5.32 Å². The van der Waals surface area contributed by atoms with E-state index < -0.39 is 0 Å². The van der Waals surface area contributed by atoms with Crippen LogP contribution < -0.4 is 5.32 Å². The van der Waals surface area contributed by atoms with Crippen LogP contribution in [0, 0.1) is 11.5 Å². The fourth-order valence-electron chi connectivity index (χ4n) is 1.12. The summed E-state index contributed by atoms with van der Waals surface area (Å²) in [4.78, 5) is 0. The molecule has 1 rings (SSSR count). The molecule has 1 fully saturated rings. The van der Waals surface area contributed by atoms with Gasteiger partial charge in [-0.05, 0) is 12.8 Å². The summed E-state index contributed by atoms with van der Waals surface area (Å²) in [6.07, 6.45) is 6.62. The van der Waals surface area contributed by atoms with Gasteiger partial charge < -0.3 is 0 Å². The number of nitriles is 1.